The van der Waals surface area contributed by atoms with Crippen LogP contribution in [-0.4, -0.2) is 21.6 Å². The lowest BCUT2D eigenvalue weighted by Gasteiger charge is -2.15. The van der Waals surface area contributed by atoms with Crippen molar-refractivity contribution in [3.8, 4) is 5.69 Å². The molecule has 0 fully saturated rings. The second-order valence-corrected chi connectivity index (χ2v) is 5.35. The molecule has 0 saturated heterocycles. The van der Waals surface area contributed by atoms with E-state index >= 15 is 0 Å². The van der Waals surface area contributed by atoms with Gasteiger partial charge in [-0.3, -0.25) is 9.45 Å². The van der Waals surface area contributed by atoms with Crippen LogP contribution in [0.2, 0.25) is 0 Å². The standard InChI is InChI=1S/C16H20N2O3/c1-11(2)13-7-5-6-8-14(13)18-10-9-17-15(18)16(19)21-20-12(3)4/h5-12H,1-4H3. The number of carbonyl (C=O) groups excluding carboxylic acids is 1. The minimum absolute atomic E-state index is 0.194. The summed E-state index contributed by atoms with van der Waals surface area (Å²) in [6.07, 6.45) is 3.12. The number of nitrogens with zero attached hydrogens (tertiary/aromatic N) is 2. The third kappa shape index (κ3) is 3.49. The van der Waals surface area contributed by atoms with Gasteiger partial charge < -0.3 is 0 Å². The zero-order valence-electron chi connectivity index (χ0n) is 12.7. The quantitative estimate of drug-likeness (QED) is 0.624. The molecule has 0 amide bonds. The fourth-order valence-electron chi connectivity index (χ4n) is 2.02. The third-order valence-corrected chi connectivity index (χ3v) is 2.96. The fraction of sp³-hybridized carbons (Fsp3) is 0.375. The molecule has 0 aliphatic carbocycles. The normalized spacial score (nSPS) is 11.1. The average molecular weight is 288 g/mol. The lowest BCUT2D eigenvalue weighted by molar-refractivity contribution is -0.266. The molecule has 5 heteroatoms. The smallest absolute Gasteiger partial charge is 0.294 e. The molecule has 5 nitrogen and oxygen atoms in total. The van der Waals surface area contributed by atoms with E-state index < -0.39 is 5.97 Å². The van der Waals surface area contributed by atoms with E-state index in [-0.39, 0.29) is 11.9 Å². The predicted octanol–water partition coefficient (Wildman–Crippen LogP) is 3.49. The van der Waals surface area contributed by atoms with Crippen molar-refractivity contribution in [3.05, 3.63) is 48.0 Å². The third-order valence-electron chi connectivity index (χ3n) is 2.96. The molecule has 2 aromatic rings. The molecular formula is C16H20N2O3. The van der Waals surface area contributed by atoms with Gasteiger partial charge in [-0.25, -0.2) is 9.78 Å². The first-order chi connectivity index (χ1) is 10.0. The molecule has 0 atom stereocenters. The van der Waals surface area contributed by atoms with Gasteiger partial charge in [0.25, 0.3) is 0 Å². The summed E-state index contributed by atoms with van der Waals surface area (Å²) in [5.74, 6) is -0.0737. The van der Waals surface area contributed by atoms with E-state index in [1.807, 2.05) is 24.3 Å². The van der Waals surface area contributed by atoms with Crippen LogP contribution < -0.4 is 0 Å². The summed E-state index contributed by atoms with van der Waals surface area (Å²) in [5, 5.41) is 0. The lowest BCUT2D eigenvalue weighted by atomic mass is 10.0. The first kappa shape index (κ1) is 15.3. The largest absolute Gasteiger partial charge is 0.408 e. The van der Waals surface area contributed by atoms with E-state index in [4.69, 9.17) is 9.78 Å². The van der Waals surface area contributed by atoms with Crippen molar-refractivity contribution >= 4 is 5.97 Å². The highest BCUT2D eigenvalue weighted by Gasteiger charge is 2.19. The summed E-state index contributed by atoms with van der Waals surface area (Å²) in [6, 6.07) is 7.91. The number of carbonyl (C=O) groups is 1. The minimum Gasteiger partial charge on any atom is -0.294 e. The molecule has 0 bridgehead atoms. The van der Waals surface area contributed by atoms with E-state index in [0.717, 1.165) is 11.3 Å². The van der Waals surface area contributed by atoms with Gasteiger partial charge >= 0.3 is 5.97 Å². The van der Waals surface area contributed by atoms with Crippen LogP contribution in [0.5, 0.6) is 0 Å². The highest BCUT2D eigenvalue weighted by molar-refractivity contribution is 5.86. The molecule has 21 heavy (non-hydrogen) atoms. The van der Waals surface area contributed by atoms with Gasteiger partial charge in [0.1, 0.15) is 0 Å². The summed E-state index contributed by atoms with van der Waals surface area (Å²) in [5.41, 5.74) is 2.05. The molecule has 2 rings (SSSR count). The van der Waals surface area contributed by atoms with Crippen LogP contribution in [-0.2, 0) is 9.78 Å². The second kappa shape index (κ2) is 6.54. The molecule has 0 radical (unpaired) electrons. The summed E-state index contributed by atoms with van der Waals surface area (Å²) in [7, 11) is 0. The monoisotopic (exact) mass is 288 g/mol. The number of hydrogen-bond acceptors (Lipinski definition) is 4. The van der Waals surface area contributed by atoms with Crippen LogP contribution in [0.15, 0.2) is 36.7 Å². The molecule has 0 aliphatic heterocycles. The minimum atomic E-state index is -0.604. The number of hydrogen-bond donors (Lipinski definition) is 0. The van der Waals surface area contributed by atoms with Gasteiger partial charge in [0.05, 0.1) is 11.8 Å². The molecule has 1 aromatic carbocycles. The van der Waals surface area contributed by atoms with Crippen LogP contribution in [0.25, 0.3) is 5.69 Å². The van der Waals surface area contributed by atoms with E-state index in [1.165, 1.54) is 0 Å². The van der Waals surface area contributed by atoms with Gasteiger partial charge in [-0.05, 0) is 31.4 Å². The highest BCUT2D eigenvalue weighted by atomic mass is 17.2. The maximum absolute atomic E-state index is 12.1. The number of imidazole rings is 1. The van der Waals surface area contributed by atoms with Crippen molar-refractivity contribution in [2.45, 2.75) is 39.7 Å². The van der Waals surface area contributed by atoms with Gasteiger partial charge in [0.15, 0.2) is 0 Å². The van der Waals surface area contributed by atoms with Crippen LogP contribution in [0.4, 0.5) is 0 Å². The Morgan fingerprint density at radius 1 is 1.19 bits per heavy atom. The van der Waals surface area contributed by atoms with Crippen molar-refractivity contribution in [1.82, 2.24) is 9.55 Å². The molecule has 1 aromatic heterocycles. The Bertz CT molecular complexity index is 617. The maximum Gasteiger partial charge on any atom is 0.408 e. The predicted molar refractivity (Wildman–Crippen MR) is 79.3 cm³/mol. The Balaban J connectivity index is 2.35. The summed E-state index contributed by atoms with van der Waals surface area (Å²) in [4.78, 5) is 25.8. The SMILES string of the molecule is CC(C)OOC(=O)c1nccn1-c1ccccc1C(C)C. The van der Waals surface area contributed by atoms with Gasteiger partial charge in [-0.1, -0.05) is 32.0 Å². The van der Waals surface area contributed by atoms with Crippen molar-refractivity contribution in [1.29, 1.82) is 0 Å². The van der Waals surface area contributed by atoms with E-state index in [1.54, 1.807) is 30.8 Å². The van der Waals surface area contributed by atoms with Gasteiger partial charge in [0.2, 0.25) is 5.82 Å². The van der Waals surface area contributed by atoms with Gasteiger partial charge in [0, 0.05) is 12.4 Å². The fourth-order valence-corrected chi connectivity index (χ4v) is 2.02. The number of para-hydroxylation sites is 1. The van der Waals surface area contributed by atoms with E-state index in [2.05, 4.69) is 18.8 Å². The van der Waals surface area contributed by atoms with Crippen molar-refractivity contribution in [2.75, 3.05) is 0 Å². The van der Waals surface area contributed by atoms with Crippen LogP contribution in [0.1, 0.15) is 49.8 Å². The molecular weight excluding hydrogens is 268 g/mol. The van der Waals surface area contributed by atoms with E-state index in [0.29, 0.717) is 5.92 Å². The van der Waals surface area contributed by atoms with Crippen molar-refractivity contribution < 1.29 is 14.6 Å². The van der Waals surface area contributed by atoms with Crippen LogP contribution in [0, 0.1) is 0 Å². The Morgan fingerprint density at radius 3 is 2.57 bits per heavy atom. The van der Waals surface area contributed by atoms with Crippen LogP contribution in [0.3, 0.4) is 0 Å². The molecule has 0 spiro atoms. The Labute approximate surface area is 124 Å². The van der Waals surface area contributed by atoms with E-state index in [9.17, 15) is 4.79 Å². The second-order valence-electron chi connectivity index (χ2n) is 5.35. The Hall–Kier alpha value is -2.14. The van der Waals surface area contributed by atoms with Gasteiger partial charge in [-0.2, -0.15) is 4.89 Å². The number of benzene rings is 1. The zero-order chi connectivity index (χ0) is 15.4. The highest BCUT2D eigenvalue weighted by Crippen LogP contribution is 2.23. The first-order valence-electron chi connectivity index (χ1n) is 7.01. The Kier molecular flexibility index (Phi) is 4.75. The number of rotatable bonds is 5. The van der Waals surface area contributed by atoms with Crippen molar-refractivity contribution in [3.63, 3.8) is 0 Å². The molecule has 0 N–H and O–H groups in total. The summed E-state index contributed by atoms with van der Waals surface area (Å²) in [6.45, 7) is 7.78. The molecule has 112 valence electrons. The summed E-state index contributed by atoms with van der Waals surface area (Å²) >= 11 is 0. The molecule has 0 saturated carbocycles. The number of aromatic nitrogens is 2. The van der Waals surface area contributed by atoms with Gasteiger partial charge in [-0.15, -0.1) is 0 Å². The molecule has 0 aliphatic rings. The molecule has 0 unspecified atom stereocenters. The van der Waals surface area contributed by atoms with Crippen molar-refractivity contribution in [2.24, 2.45) is 0 Å². The van der Waals surface area contributed by atoms with Crippen LogP contribution >= 0.6 is 0 Å². The average Bonchev–Trinajstić information content (AvgIpc) is 2.94. The Morgan fingerprint density at radius 2 is 1.90 bits per heavy atom. The lowest BCUT2D eigenvalue weighted by Crippen LogP contribution is -2.16. The maximum atomic E-state index is 12.1. The zero-order valence-corrected chi connectivity index (χ0v) is 12.7. The molecule has 1 heterocycles. The summed E-state index contributed by atoms with van der Waals surface area (Å²) < 4.78 is 1.72. The topological polar surface area (TPSA) is 53.4 Å². The first-order valence-corrected chi connectivity index (χ1v) is 7.01.